The maximum absolute atomic E-state index is 5.67. The summed E-state index contributed by atoms with van der Waals surface area (Å²) in [7, 11) is 1.63. The maximum Gasteiger partial charge on any atom is 0.196 e. The molecule has 0 aliphatic heterocycles. The van der Waals surface area contributed by atoms with E-state index in [9.17, 15) is 0 Å². The van der Waals surface area contributed by atoms with Gasteiger partial charge in [0.2, 0.25) is 0 Å². The zero-order valence-corrected chi connectivity index (χ0v) is 19.3. The number of nitrogens with one attached hydrogen (secondary N) is 2. The van der Waals surface area contributed by atoms with Gasteiger partial charge in [0.05, 0.1) is 26.9 Å². The number of nitrogens with zero attached hydrogens (tertiary/aromatic N) is 1. The third-order valence-electron chi connectivity index (χ3n) is 3.75. The molecule has 0 amide bonds. The number of hydrogen-bond acceptors (Lipinski definition) is 4. The molecule has 2 rings (SSSR count). The molecule has 154 valence electrons. The standard InChI is InChI=1S/C21H29N3O3.HI/c1-5-22-21(23-15-16-10-8-9-11-18(16)26-6-2)24-17-12-13-19(27-7-3)20(14-17)25-4;/h8-14H,5-7,15H2,1-4H3,(H2,22,23,24);1H. The summed E-state index contributed by atoms with van der Waals surface area (Å²) in [4.78, 5) is 4.68. The van der Waals surface area contributed by atoms with E-state index in [0.29, 0.717) is 31.5 Å². The van der Waals surface area contributed by atoms with Gasteiger partial charge in [-0.3, -0.25) is 0 Å². The molecule has 2 aromatic carbocycles. The number of methoxy groups -OCH3 is 1. The average molecular weight is 499 g/mol. The zero-order chi connectivity index (χ0) is 19.5. The van der Waals surface area contributed by atoms with Crippen LogP contribution in [-0.4, -0.2) is 32.8 Å². The lowest BCUT2D eigenvalue weighted by atomic mass is 10.2. The predicted molar refractivity (Wildman–Crippen MR) is 126 cm³/mol. The number of guanidine groups is 1. The minimum absolute atomic E-state index is 0. The summed E-state index contributed by atoms with van der Waals surface area (Å²) in [6, 6.07) is 13.7. The Kier molecular flexibility index (Phi) is 11.2. The molecular formula is C21H30IN3O3. The van der Waals surface area contributed by atoms with E-state index in [1.54, 1.807) is 7.11 Å². The SMILES string of the molecule is CCNC(=NCc1ccccc1OCC)Nc1ccc(OCC)c(OC)c1.I. The number of halogens is 1. The molecular weight excluding hydrogens is 469 g/mol. The highest BCUT2D eigenvalue weighted by Gasteiger charge is 2.08. The predicted octanol–water partition coefficient (Wildman–Crippen LogP) is 4.69. The molecule has 0 aliphatic rings. The summed E-state index contributed by atoms with van der Waals surface area (Å²) in [5.41, 5.74) is 1.91. The van der Waals surface area contributed by atoms with Crippen LogP contribution in [0.15, 0.2) is 47.5 Å². The first-order valence-corrected chi connectivity index (χ1v) is 9.28. The second-order valence-electron chi connectivity index (χ2n) is 5.66. The van der Waals surface area contributed by atoms with Crippen LogP contribution in [0.4, 0.5) is 5.69 Å². The van der Waals surface area contributed by atoms with Crippen LogP contribution in [0.1, 0.15) is 26.3 Å². The van der Waals surface area contributed by atoms with Crippen molar-refractivity contribution in [3.63, 3.8) is 0 Å². The van der Waals surface area contributed by atoms with Crippen molar-refractivity contribution >= 4 is 35.6 Å². The Hall–Kier alpha value is -2.16. The van der Waals surface area contributed by atoms with Crippen LogP contribution >= 0.6 is 24.0 Å². The van der Waals surface area contributed by atoms with Gasteiger partial charge < -0.3 is 24.8 Å². The Morgan fingerprint density at radius 2 is 1.64 bits per heavy atom. The monoisotopic (exact) mass is 499 g/mol. The molecule has 0 aliphatic carbocycles. The molecule has 0 saturated carbocycles. The van der Waals surface area contributed by atoms with Gasteiger partial charge in [-0.1, -0.05) is 18.2 Å². The first kappa shape index (κ1) is 23.9. The fourth-order valence-electron chi connectivity index (χ4n) is 2.56. The Balaban J connectivity index is 0.00000392. The number of aliphatic imine (C=N–C) groups is 1. The van der Waals surface area contributed by atoms with Crippen LogP contribution in [-0.2, 0) is 6.54 Å². The lowest BCUT2D eigenvalue weighted by Crippen LogP contribution is -2.30. The topological polar surface area (TPSA) is 64.1 Å². The van der Waals surface area contributed by atoms with Crippen LogP contribution < -0.4 is 24.8 Å². The summed E-state index contributed by atoms with van der Waals surface area (Å²) in [5, 5.41) is 6.56. The van der Waals surface area contributed by atoms with Gasteiger partial charge in [0.15, 0.2) is 17.5 Å². The van der Waals surface area contributed by atoms with E-state index in [1.807, 2.05) is 63.2 Å². The first-order valence-electron chi connectivity index (χ1n) is 9.28. The fourth-order valence-corrected chi connectivity index (χ4v) is 2.56. The van der Waals surface area contributed by atoms with Crippen molar-refractivity contribution in [3.8, 4) is 17.2 Å². The van der Waals surface area contributed by atoms with Crippen molar-refractivity contribution in [3.05, 3.63) is 48.0 Å². The number of rotatable bonds is 9. The van der Waals surface area contributed by atoms with Gasteiger partial charge in [-0.05, 0) is 39.0 Å². The summed E-state index contributed by atoms with van der Waals surface area (Å²) >= 11 is 0. The first-order chi connectivity index (χ1) is 13.2. The molecule has 0 unspecified atom stereocenters. The van der Waals surface area contributed by atoms with Crippen molar-refractivity contribution in [2.24, 2.45) is 4.99 Å². The molecule has 0 spiro atoms. The molecule has 0 fully saturated rings. The van der Waals surface area contributed by atoms with E-state index >= 15 is 0 Å². The van der Waals surface area contributed by atoms with Crippen LogP contribution in [0.3, 0.4) is 0 Å². The quantitative estimate of drug-likeness (QED) is 0.298. The van der Waals surface area contributed by atoms with Crippen LogP contribution in [0.5, 0.6) is 17.2 Å². The highest BCUT2D eigenvalue weighted by atomic mass is 127. The molecule has 0 aromatic heterocycles. The average Bonchev–Trinajstić information content (AvgIpc) is 2.69. The van der Waals surface area contributed by atoms with E-state index in [4.69, 9.17) is 14.2 Å². The zero-order valence-electron chi connectivity index (χ0n) is 17.0. The third-order valence-corrected chi connectivity index (χ3v) is 3.75. The van der Waals surface area contributed by atoms with Gasteiger partial charge in [-0.15, -0.1) is 24.0 Å². The smallest absolute Gasteiger partial charge is 0.196 e. The minimum Gasteiger partial charge on any atom is -0.494 e. The third kappa shape index (κ3) is 7.10. The number of hydrogen-bond donors (Lipinski definition) is 2. The van der Waals surface area contributed by atoms with Gasteiger partial charge in [0, 0.05) is 23.9 Å². The molecule has 0 radical (unpaired) electrons. The summed E-state index contributed by atoms with van der Waals surface area (Å²) in [6.07, 6.45) is 0. The highest BCUT2D eigenvalue weighted by molar-refractivity contribution is 14.0. The Bertz CT molecular complexity index is 753. The minimum atomic E-state index is 0. The summed E-state index contributed by atoms with van der Waals surface area (Å²) < 4.78 is 16.6. The largest absolute Gasteiger partial charge is 0.494 e. The molecule has 28 heavy (non-hydrogen) atoms. The summed E-state index contributed by atoms with van der Waals surface area (Å²) in [6.45, 7) is 8.45. The van der Waals surface area contributed by atoms with Crippen molar-refractivity contribution in [2.75, 3.05) is 32.2 Å². The normalized spacial score (nSPS) is 10.6. The van der Waals surface area contributed by atoms with Crippen molar-refractivity contribution in [2.45, 2.75) is 27.3 Å². The number of benzene rings is 2. The van der Waals surface area contributed by atoms with Crippen LogP contribution in [0.2, 0.25) is 0 Å². The Labute approximate surface area is 184 Å². The second kappa shape index (κ2) is 13.1. The summed E-state index contributed by atoms with van der Waals surface area (Å²) in [5.74, 6) is 2.95. The van der Waals surface area contributed by atoms with E-state index in [1.165, 1.54) is 0 Å². The van der Waals surface area contributed by atoms with E-state index in [-0.39, 0.29) is 24.0 Å². The van der Waals surface area contributed by atoms with Gasteiger partial charge in [-0.2, -0.15) is 0 Å². The number of anilines is 1. The van der Waals surface area contributed by atoms with Gasteiger partial charge in [-0.25, -0.2) is 4.99 Å². The lowest BCUT2D eigenvalue weighted by Gasteiger charge is -2.15. The highest BCUT2D eigenvalue weighted by Crippen LogP contribution is 2.30. The van der Waals surface area contributed by atoms with Crippen LogP contribution in [0, 0.1) is 0 Å². The van der Waals surface area contributed by atoms with Crippen molar-refractivity contribution in [1.29, 1.82) is 0 Å². The van der Waals surface area contributed by atoms with Gasteiger partial charge in [0.25, 0.3) is 0 Å². The Morgan fingerprint density at radius 1 is 0.929 bits per heavy atom. The molecule has 2 aromatic rings. The molecule has 0 heterocycles. The maximum atomic E-state index is 5.67. The van der Waals surface area contributed by atoms with Crippen molar-refractivity contribution < 1.29 is 14.2 Å². The molecule has 2 N–H and O–H groups in total. The lowest BCUT2D eigenvalue weighted by molar-refractivity contribution is 0.311. The second-order valence-corrected chi connectivity index (χ2v) is 5.66. The van der Waals surface area contributed by atoms with E-state index < -0.39 is 0 Å². The van der Waals surface area contributed by atoms with Gasteiger partial charge >= 0.3 is 0 Å². The van der Waals surface area contributed by atoms with E-state index in [2.05, 4.69) is 15.6 Å². The molecule has 0 atom stereocenters. The van der Waals surface area contributed by atoms with Crippen LogP contribution in [0.25, 0.3) is 0 Å². The molecule has 0 saturated heterocycles. The fraction of sp³-hybridized carbons (Fsp3) is 0.381. The number of para-hydroxylation sites is 1. The molecule has 0 bridgehead atoms. The Morgan fingerprint density at radius 3 is 2.32 bits per heavy atom. The van der Waals surface area contributed by atoms with Crippen molar-refractivity contribution in [1.82, 2.24) is 5.32 Å². The molecule has 6 nitrogen and oxygen atoms in total. The van der Waals surface area contributed by atoms with E-state index in [0.717, 1.165) is 29.3 Å². The van der Waals surface area contributed by atoms with Gasteiger partial charge in [0.1, 0.15) is 5.75 Å². The molecule has 7 heteroatoms. The number of ether oxygens (including phenoxy) is 3.